The summed E-state index contributed by atoms with van der Waals surface area (Å²) in [6, 6.07) is 10.8. The van der Waals surface area contributed by atoms with Crippen LogP contribution in [0.4, 0.5) is 23.1 Å². The summed E-state index contributed by atoms with van der Waals surface area (Å²) in [5, 5.41) is 15.2. The number of nitro groups is 1. The normalized spacial score (nSPS) is 19.4. The van der Waals surface area contributed by atoms with Gasteiger partial charge in [-0.25, -0.2) is 18.4 Å². The summed E-state index contributed by atoms with van der Waals surface area (Å²) >= 11 is 0. The van der Waals surface area contributed by atoms with E-state index in [0.29, 0.717) is 60.3 Å². The predicted octanol–water partition coefficient (Wildman–Crippen LogP) is 4.49. The molecule has 242 valence electrons. The fourth-order valence-corrected chi connectivity index (χ4v) is 7.16. The Kier molecular flexibility index (Phi) is 9.12. The van der Waals surface area contributed by atoms with Crippen LogP contribution in [0, 0.1) is 10.1 Å². The van der Waals surface area contributed by atoms with Crippen molar-refractivity contribution in [2.24, 2.45) is 0 Å². The molecular weight excluding hydrogens is 612 g/mol. The number of hydrogen-bond acceptors (Lipinski definition) is 12. The number of benzene rings is 1. The minimum absolute atomic E-state index is 0.0728. The highest BCUT2D eigenvalue weighted by atomic mass is 32.2. The number of aromatic nitrogens is 4. The molecule has 1 aliphatic carbocycles. The molecule has 0 radical (unpaired) electrons. The highest BCUT2D eigenvalue weighted by Crippen LogP contribution is 2.36. The maximum Gasteiger partial charge on any atom is 0.269 e. The van der Waals surface area contributed by atoms with Crippen molar-refractivity contribution < 1.29 is 22.8 Å². The zero-order chi connectivity index (χ0) is 32.3. The Balaban J connectivity index is 1.31. The monoisotopic (exact) mass is 648 g/mol. The second-order valence-corrected chi connectivity index (χ2v) is 13.4. The van der Waals surface area contributed by atoms with Crippen molar-refractivity contribution in [3.8, 4) is 5.88 Å². The number of rotatable bonds is 10. The first-order valence-electron chi connectivity index (χ1n) is 15.2. The number of pyridine rings is 2. The highest BCUT2D eigenvalue weighted by Gasteiger charge is 2.29. The van der Waals surface area contributed by atoms with E-state index in [2.05, 4.69) is 20.2 Å². The lowest BCUT2D eigenvalue weighted by molar-refractivity contribution is -0.384. The molecule has 6 rings (SSSR count). The number of sulfonamides is 1. The van der Waals surface area contributed by atoms with Crippen molar-refractivity contribution in [2.45, 2.75) is 50.8 Å². The Morgan fingerprint density at radius 1 is 1.07 bits per heavy atom. The van der Waals surface area contributed by atoms with Crippen LogP contribution in [0.1, 0.15) is 44.2 Å². The van der Waals surface area contributed by atoms with Gasteiger partial charge in [0.2, 0.25) is 21.9 Å². The predicted molar refractivity (Wildman–Crippen MR) is 174 cm³/mol. The van der Waals surface area contributed by atoms with Crippen LogP contribution < -0.4 is 19.3 Å². The average molecular weight is 649 g/mol. The zero-order valence-corrected chi connectivity index (χ0v) is 26.5. The molecule has 0 amide bonds. The Morgan fingerprint density at radius 2 is 1.76 bits per heavy atom. The van der Waals surface area contributed by atoms with E-state index in [0.717, 1.165) is 37.8 Å². The Morgan fingerprint density at radius 3 is 2.41 bits per heavy atom. The minimum Gasteiger partial charge on any atom is -0.474 e. The largest absolute Gasteiger partial charge is 0.474 e. The van der Waals surface area contributed by atoms with Gasteiger partial charge in [0.25, 0.3) is 5.69 Å². The molecule has 4 heterocycles. The van der Waals surface area contributed by atoms with E-state index in [4.69, 9.17) is 19.4 Å². The van der Waals surface area contributed by atoms with Crippen molar-refractivity contribution in [3.63, 3.8) is 0 Å². The van der Waals surface area contributed by atoms with Crippen LogP contribution in [-0.4, -0.2) is 78.0 Å². The molecule has 46 heavy (non-hydrogen) atoms. The van der Waals surface area contributed by atoms with E-state index in [1.807, 2.05) is 6.07 Å². The van der Waals surface area contributed by atoms with Gasteiger partial charge >= 0.3 is 0 Å². The van der Waals surface area contributed by atoms with Crippen LogP contribution in [0.5, 0.6) is 5.88 Å². The van der Waals surface area contributed by atoms with Crippen molar-refractivity contribution in [3.05, 3.63) is 76.7 Å². The molecule has 1 aliphatic heterocycles. The Hall–Kier alpha value is -4.63. The van der Waals surface area contributed by atoms with Crippen molar-refractivity contribution in [2.75, 3.05) is 47.1 Å². The van der Waals surface area contributed by atoms with Crippen LogP contribution in [0.2, 0.25) is 0 Å². The molecular formula is C31H36N8O6S. The van der Waals surface area contributed by atoms with E-state index >= 15 is 0 Å². The van der Waals surface area contributed by atoms with Gasteiger partial charge in [0.05, 0.1) is 53.2 Å². The zero-order valence-electron chi connectivity index (χ0n) is 25.7. The number of ether oxygens (including phenoxy) is 2. The minimum atomic E-state index is -3.80. The SMILES string of the molecule is CC(c1ccc([N+](=O)[O-])cc1)N(c1cnc2cc(N3CCOCC3)nc(OC3CCC(Nc4ncccn4)CC3)c2c1)S(C)(=O)=O. The lowest BCUT2D eigenvalue weighted by Gasteiger charge is -2.31. The van der Waals surface area contributed by atoms with Crippen LogP contribution in [0.15, 0.2) is 61.1 Å². The molecule has 15 heteroatoms. The molecule has 1 saturated carbocycles. The molecule has 1 N–H and O–H groups in total. The maximum absolute atomic E-state index is 13.2. The van der Waals surface area contributed by atoms with Gasteiger partial charge in [0.1, 0.15) is 11.9 Å². The smallest absolute Gasteiger partial charge is 0.269 e. The summed E-state index contributed by atoms with van der Waals surface area (Å²) in [4.78, 5) is 31.0. The second kappa shape index (κ2) is 13.4. The summed E-state index contributed by atoms with van der Waals surface area (Å²) in [7, 11) is -3.80. The van der Waals surface area contributed by atoms with E-state index in [1.165, 1.54) is 22.6 Å². The molecule has 4 aromatic rings. The molecule has 2 fully saturated rings. The fraction of sp³-hybridized carbons (Fsp3) is 0.419. The summed E-state index contributed by atoms with van der Waals surface area (Å²) in [5.41, 5.74) is 1.49. The van der Waals surface area contributed by atoms with E-state index in [9.17, 15) is 18.5 Å². The fourth-order valence-electron chi connectivity index (χ4n) is 5.99. The number of morpholine rings is 1. The van der Waals surface area contributed by atoms with Crippen molar-refractivity contribution >= 4 is 44.1 Å². The maximum atomic E-state index is 13.2. The van der Waals surface area contributed by atoms with Gasteiger partial charge in [0, 0.05) is 49.7 Å². The van der Waals surface area contributed by atoms with E-state index < -0.39 is 21.0 Å². The molecule has 0 spiro atoms. The van der Waals surface area contributed by atoms with Gasteiger partial charge in [-0.1, -0.05) is 12.1 Å². The van der Waals surface area contributed by atoms with Crippen molar-refractivity contribution in [1.82, 2.24) is 19.9 Å². The molecule has 1 unspecified atom stereocenters. The first-order valence-corrected chi connectivity index (χ1v) is 17.1. The summed E-state index contributed by atoms with van der Waals surface area (Å²) in [6.45, 7) is 4.28. The van der Waals surface area contributed by atoms with Gasteiger partial charge < -0.3 is 19.7 Å². The highest BCUT2D eigenvalue weighted by molar-refractivity contribution is 7.92. The topological polar surface area (TPSA) is 166 Å². The van der Waals surface area contributed by atoms with E-state index in [-0.39, 0.29) is 17.8 Å². The summed E-state index contributed by atoms with van der Waals surface area (Å²) in [6.07, 6.45) is 9.28. The van der Waals surface area contributed by atoms with Crippen molar-refractivity contribution in [1.29, 1.82) is 0 Å². The number of nitrogens with zero attached hydrogens (tertiary/aromatic N) is 7. The third-order valence-corrected chi connectivity index (χ3v) is 9.59. The molecule has 1 saturated heterocycles. The number of hydrogen-bond donors (Lipinski definition) is 1. The van der Waals surface area contributed by atoms with Gasteiger partial charge in [0.15, 0.2) is 0 Å². The second-order valence-electron chi connectivity index (χ2n) is 11.5. The van der Waals surface area contributed by atoms with E-state index in [1.54, 1.807) is 43.6 Å². The standard InChI is InChI=1S/C31H36N8O6S/c1-21(22-4-8-24(9-5-22)39(40)41)38(46(2,42)43)25-18-27-28(34-20-25)19-29(37-14-16-44-17-15-37)36-30(27)45-26-10-6-23(7-11-26)35-31-32-12-3-13-33-31/h3-5,8-9,12-13,18-21,23,26H,6-7,10-11,14-17H2,1-2H3,(H,32,33,35). The number of nitrogens with one attached hydrogen (secondary N) is 1. The summed E-state index contributed by atoms with van der Waals surface area (Å²) in [5.74, 6) is 1.73. The number of anilines is 3. The lowest BCUT2D eigenvalue weighted by atomic mass is 9.93. The van der Waals surface area contributed by atoms with Gasteiger partial charge in [-0.2, -0.15) is 4.98 Å². The van der Waals surface area contributed by atoms with Gasteiger partial charge in [-0.15, -0.1) is 0 Å². The lowest BCUT2D eigenvalue weighted by Crippen LogP contribution is -2.37. The molecule has 1 atom stereocenters. The van der Waals surface area contributed by atoms with Crippen LogP contribution in [0.3, 0.4) is 0 Å². The van der Waals surface area contributed by atoms with Crippen LogP contribution >= 0.6 is 0 Å². The van der Waals surface area contributed by atoms with Crippen LogP contribution in [-0.2, 0) is 14.8 Å². The number of fused-ring (bicyclic) bond motifs is 1. The molecule has 2 aliphatic rings. The average Bonchev–Trinajstić information content (AvgIpc) is 3.06. The van der Waals surface area contributed by atoms with Gasteiger partial charge in [-0.3, -0.25) is 19.4 Å². The number of non-ortho nitro benzene ring substituents is 1. The molecule has 0 bridgehead atoms. The van der Waals surface area contributed by atoms with Gasteiger partial charge in [-0.05, 0) is 50.3 Å². The number of nitro benzene ring substituents is 1. The van der Waals surface area contributed by atoms with Crippen LogP contribution in [0.25, 0.3) is 10.9 Å². The quantitative estimate of drug-likeness (QED) is 0.189. The summed E-state index contributed by atoms with van der Waals surface area (Å²) < 4.78 is 39.8. The first kappa shape index (κ1) is 31.4. The molecule has 14 nitrogen and oxygen atoms in total. The third-order valence-electron chi connectivity index (χ3n) is 8.35. The Labute approximate surface area is 267 Å². The molecule has 1 aromatic carbocycles. The Bertz CT molecular complexity index is 1780. The first-order chi connectivity index (χ1) is 22.2. The third kappa shape index (κ3) is 7.10. The molecule has 3 aromatic heterocycles.